The highest BCUT2D eigenvalue weighted by Gasteiger charge is 2.29. The second kappa shape index (κ2) is 8.53. The predicted octanol–water partition coefficient (Wildman–Crippen LogP) is 0.132. The van der Waals surface area contributed by atoms with Gasteiger partial charge in [-0.3, -0.25) is 14.3 Å². The lowest BCUT2D eigenvalue weighted by Crippen LogP contribution is -2.49. The third-order valence-electron chi connectivity index (χ3n) is 4.35. The van der Waals surface area contributed by atoms with Gasteiger partial charge in [-0.05, 0) is 37.1 Å². The zero-order valence-electron chi connectivity index (χ0n) is 15.6. The molecule has 28 heavy (non-hydrogen) atoms. The molecule has 1 aromatic carbocycles. The number of carbonyl (C=O) groups excluding carboxylic acids is 2. The lowest BCUT2D eigenvalue weighted by molar-refractivity contribution is -0.122. The van der Waals surface area contributed by atoms with E-state index in [4.69, 9.17) is 0 Å². The quantitative estimate of drug-likeness (QED) is 0.636. The number of nitrogens with one attached hydrogen (secondary N) is 2. The zero-order valence-corrected chi connectivity index (χ0v) is 16.4. The van der Waals surface area contributed by atoms with Gasteiger partial charge in [-0.15, -0.1) is 0 Å². The zero-order chi connectivity index (χ0) is 20.1. The smallest absolute Gasteiger partial charge is 0.251 e. The number of rotatable bonds is 7. The Kier molecular flexibility index (Phi) is 6.10. The lowest BCUT2D eigenvalue weighted by Gasteiger charge is -2.26. The second-order valence-corrected chi connectivity index (χ2v) is 8.54. The summed E-state index contributed by atoms with van der Waals surface area (Å²) in [6.07, 6.45) is 4.40. The van der Waals surface area contributed by atoms with E-state index in [1.165, 1.54) is 18.2 Å². The van der Waals surface area contributed by atoms with Gasteiger partial charge in [-0.2, -0.15) is 9.40 Å². The number of carbonyl (C=O) groups is 2. The van der Waals surface area contributed by atoms with Gasteiger partial charge in [0, 0.05) is 37.9 Å². The van der Waals surface area contributed by atoms with Gasteiger partial charge in [-0.25, -0.2) is 8.42 Å². The minimum atomic E-state index is -3.83. The second-order valence-electron chi connectivity index (χ2n) is 6.61. The Morgan fingerprint density at radius 2 is 2.18 bits per heavy atom. The van der Waals surface area contributed by atoms with Crippen LogP contribution < -0.4 is 10.6 Å². The van der Waals surface area contributed by atoms with Crippen molar-refractivity contribution in [2.75, 3.05) is 26.2 Å². The number of benzene rings is 1. The molecule has 0 aliphatic carbocycles. The van der Waals surface area contributed by atoms with Crippen molar-refractivity contribution in [2.24, 2.45) is 0 Å². The Morgan fingerprint density at radius 3 is 2.89 bits per heavy atom. The third kappa shape index (κ3) is 4.76. The highest BCUT2D eigenvalue weighted by molar-refractivity contribution is 7.89. The van der Waals surface area contributed by atoms with Gasteiger partial charge in [0.25, 0.3) is 5.91 Å². The van der Waals surface area contributed by atoms with Gasteiger partial charge >= 0.3 is 0 Å². The summed E-state index contributed by atoms with van der Waals surface area (Å²) >= 11 is 0. The van der Waals surface area contributed by atoms with Crippen molar-refractivity contribution >= 4 is 21.8 Å². The average Bonchev–Trinajstić information content (AvgIpc) is 3.10. The summed E-state index contributed by atoms with van der Waals surface area (Å²) < 4.78 is 28.4. The summed E-state index contributed by atoms with van der Waals surface area (Å²) in [4.78, 5) is 23.9. The fraction of sp³-hybridized carbons (Fsp3) is 0.389. The summed E-state index contributed by atoms with van der Waals surface area (Å²) in [5.41, 5.74) is 1.34. The summed E-state index contributed by atoms with van der Waals surface area (Å²) in [5, 5.41) is 9.56. The van der Waals surface area contributed by atoms with Crippen LogP contribution in [0.1, 0.15) is 22.3 Å². The molecule has 3 rings (SSSR count). The Labute approximate surface area is 163 Å². The molecule has 2 amide bonds. The van der Waals surface area contributed by atoms with Crippen LogP contribution in [0.4, 0.5) is 0 Å². The monoisotopic (exact) mass is 405 g/mol. The molecule has 1 saturated heterocycles. The Hall–Kier alpha value is -2.72. The van der Waals surface area contributed by atoms with Crippen molar-refractivity contribution < 1.29 is 18.0 Å². The van der Waals surface area contributed by atoms with E-state index < -0.39 is 10.0 Å². The Balaban J connectivity index is 1.60. The number of hydrogen-bond acceptors (Lipinski definition) is 5. The van der Waals surface area contributed by atoms with Crippen LogP contribution in [0.2, 0.25) is 0 Å². The van der Waals surface area contributed by atoms with Gasteiger partial charge in [0.05, 0.1) is 17.6 Å². The van der Waals surface area contributed by atoms with Crippen molar-refractivity contribution in [3.8, 4) is 0 Å². The number of sulfonamides is 1. The molecular formula is C18H23N5O4S. The molecule has 1 aliphatic rings. The number of aromatic nitrogens is 2. The molecule has 150 valence electrons. The van der Waals surface area contributed by atoms with Crippen LogP contribution in [0.3, 0.4) is 0 Å². The molecule has 0 spiro atoms. The number of aryl methyl sites for hydroxylation is 2. The fourth-order valence-corrected chi connectivity index (χ4v) is 4.34. The van der Waals surface area contributed by atoms with Crippen LogP contribution in [0.5, 0.6) is 0 Å². The van der Waals surface area contributed by atoms with Crippen LogP contribution in [0.25, 0.3) is 0 Å². The first-order valence-electron chi connectivity index (χ1n) is 9.00. The molecule has 1 fully saturated rings. The van der Waals surface area contributed by atoms with Crippen molar-refractivity contribution in [3.63, 3.8) is 0 Å². The summed E-state index contributed by atoms with van der Waals surface area (Å²) in [6, 6.07) is 5.86. The minimum absolute atomic E-state index is 0.00173. The average molecular weight is 405 g/mol. The maximum absolute atomic E-state index is 12.7. The first-order valence-corrected chi connectivity index (χ1v) is 10.4. The summed E-state index contributed by atoms with van der Waals surface area (Å²) in [6.45, 7) is 3.35. The molecule has 9 nitrogen and oxygen atoms in total. The SMILES string of the molecule is Cc1cnn(CCCNC(=O)c2cccc(S(=O)(=O)N3CCNC(=O)C3)c2)c1. The van der Waals surface area contributed by atoms with Gasteiger partial charge in [-0.1, -0.05) is 6.07 Å². The molecule has 2 N–H and O–H groups in total. The molecular weight excluding hydrogens is 382 g/mol. The highest BCUT2D eigenvalue weighted by Crippen LogP contribution is 2.18. The predicted molar refractivity (Wildman–Crippen MR) is 102 cm³/mol. The van der Waals surface area contributed by atoms with E-state index in [1.54, 1.807) is 12.3 Å². The third-order valence-corrected chi connectivity index (χ3v) is 6.19. The number of nitrogens with zero attached hydrogens (tertiary/aromatic N) is 3. The van der Waals surface area contributed by atoms with Crippen LogP contribution in [0, 0.1) is 6.92 Å². The maximum Gasteiger partial charge on any atom is 0.251 e. The van der Waals surface area contributed by atoms with Crippen molar-refractivity contribution in [3.05, 3.63) is 47.8 Å². The van der Waals surface area contributed by atoms with Crippen molar-refractivity contribution in [1.29, 1.82) is 0 Å². The number of amides is 2. The van der Waals surface area contributed by atoms with E-state index >= 15 is 0 Å². The summed E-state index contributed by atoms with van der Waals surface area (Å²) in [7, 11) is -3.83. The van der Waals surface area contributed by atoms with E-state index in [9.17, 15) is 18.0 Å². The highest BCUT2D eigenvalue weighted by atomic mass is 32.2. The molecule has 2 heterocycles. The normalized spacial score (nSPS) is 15.2. The van der Waals surface area contributed by atoms with Gasteiger partial charge in [0.2, 0.25) is 15.9 Å². The van der Waals surface area contributed by atoms with E-state index in [-0.39, 0.29) is 41.9 Å². The molecule has 1 aromatic heterocycles. The fourth-order valence-electron chi connectivity index (χ4n) is 2.90. The molecule has 2 aromatic rings. The first kappa shape index (κ1) is 20.0. The van der Waals surface area contributed by atoms with E-state index in [2.05, 4.69) is 15.7 Å². The molecule has 0 bridgehead atoms. The first-order chi connectivity index (χ1) is 13.4. The van der Waals surface area contributed by atoms with Crippen LogP contribution in [-0.2, 0) is 21.4 Å². The largest absolute Gasteiger partial charge is 0.354 e. The van der Waals surface area contributed by atoms with Gasteiger partial charge in [0.15, 0.2) is 0 Å². The van der Waals surface area contributed by atoms with Crippen molar-refractivity contribution in [1.82, 2.24) is 24.7 Å². The van der Waals surface area contributed by atoms with E-state index in [0.29, 0.717) is 19.5 Å². The maximum atomic E-state index is 12.7. The molecule has 0 radical (unpaired) electrons. The molecule has 0 saturated carbocycles. The molecule has 0 atom stereocenters. The van der Waals surface area contributed by atoms with E-state index in [0.717, 1.165) is 9.87 Å². The van der Waals surface area contributed by atoms with Crippen LogP contribution in [-0.4, -0.2) is 60.5 Å². The van der Waals surface area contributed by atoms with Crippen LogP contribution in [0.15, 0.2) is 41.6 Å². The lowest BCUT2D eigenvalue weighted by atomic mass is 10.2. The Morgan fingerprint density at radius 1 is 1.36 bits per heavy atom. The minimum Gasteiger partial charge on any atom is -0.354 e. The summed E-state index contributed by atoms with van der Waals surface area (Å²) in [5.74, 6) is -0.679. The topological polar surface area (TPSA) is 113 Å². The van der Waals surface area contributed by atoms with E-state index in [1.807, 2.05) is 17.8 Å². The van der Waals surface area contributed by atoms with Gasteiger partial charge in [0.1, 0.15) is 0 Å². The van der Waals surface area contributed by atoms with Gasteiger partial charge < -0.3 is 10.6 Å². The van der Waals surface area contributed by atoms with Crippen LogP contribution >= 0.6 is 0 Å². The standard InChI is InChI=1S/C18H23N5O4S/c1-14-11-21-22(12-14)8-3-6-20-18(25)15-4-2-5-16(10-15)28(26,27)23-9-7-19-17(24)13-23/h2,4-5,10-12H,3,6-9,13H2,1H3,(H,19,24)(H,20,25). The number of hydrogen-bond donors (Lipinski definition) is 2. The Bertz CT molecular complexity index is 970. The molecule has 0 unspecified atom stereocenters. The molecule has 1 aliphatic heterocycles. The number of piperazine rings is 1. The van der Waals surface area contributed by atoms with Crippen molar-refractivity contribution in [2.45, 2.75) is 24.8 Å². The molecule has 10 heteroatoms.